The molecule has 0 aliphatic carbocycles. The molecule has 0 aromatic heterocycles. The van der Waals surface area contributed by atoms with Gasteiger partial charge in [0.25, 0.3) is 0 Å². The van der Waals surface area contributed by atoms with Crippen molar-refractivity contribution >= 4 is 6.29 Å². The van der Waals surface area contributed by atoms with Crippen molar-refractivity contribution in [1.29, 1.82) is 0 Å². The van der Waals surface area contributed by atoms with Gasteiger partial charge in [-0.25, -0.2) is 4.39 Å². The zero-order valence-electron chi connectivity index (χ0n) is 7.38. The van der Waals surface area contributed by atoms with Gasteiger partial charge in [0.15, 0.2) is 17.9 Å². The standard InChI is InChI=1S/C10H11FO2/c1-2-3-7-4-8(6-12)10(13)9(11)5-7/h4-6,13H,2-3H2,1H3. The molecule has 0 bridgehead atoms. The molecule has 0 fully saturated rings. The van der Waals surface area contributed by atoms with E-state index >= 15 is 0 Å². The number of rotatable bonds is 3. The Morgan fingerprint density at radius 2 is 2.23 bits per heavy atom. The van der Waals surface area contributed by atoms with Crippen LogP contribution in [0.15, 0.2) is 12.1 Å². The van der Waals surface area contributed by atoms with Crippen molar-refractivity contribution in [3.63, 3.8) is 0 Å². The summed E-state index contributed by atoms with van der Waals surface area (Å²) in [5, 5.41) is 9.08. The first kappa shape index (κ1) is 9.71. The Labute approximate surface area is 76.0 Å². The number of hydrogen-bond acceptors (Lipinski definition) is 2. The minimum Gasteiger partial charge on any atom is -0.504 e. The van der Waals surface area contributed by atoms with E-state index in [4.69, 9.17) is 5.11 Å². The molecule has 3 heteroatoms. The van der Waals surface area contributed by atoms with Gasteiger partial charge in [0.2, 0.25) is 0 Å². The van der Waals surface area contributed by atoms with E-state index in [1.54, 1.807) is 0 Å². The average Bonchev–Trinajstić information content (AvgIpc) is 2.11. The largest absolute Gasteiger partial charge is 0.504 e. The predicted molar refractivity (Wildman–Crippen MR) is 47.4 cm³/mol. The average molecular weight is 182 g/mol. The Kier molecular flexibility index (Phi) is 3.01. The molecule has 0 unspecified atom stereocenters. The quantitative estimate of drug-likeness (QED) is 0.728. The third-order valence-electron chi connectivity index (χ3n) is 1.82. The van der Waals surface area contributed by atoms with Gasteiger partial charge in [0, 0.05) is 0 Å². The summed E-state index contributed by atoms with van der Waals surface area (Å²) in [5.74, 6) is -1.29. The fourth-order valence-electron chi connectivity index (χ4n) is 1.20. The first-order valence-electron chi connectivity index (χ1n) is 4.15. The third kappa shape index (κ3) is 2.05. The second-order valence-corrected chi connectivity index (χ2v) is 2.88. The van der Waals surface area contributed by atoms with Crippen LogP contribution in [0.2, 0.25) is 0 Å². The molecule has 1 aromatic carbocycles. The van der Waals surface area contributed by atoms with Crippen LogP contribution in [-0.4, -0.2) is 11.4 Å². The summed E-state index contributed by atoms with van der Waals surface area (Å²) in [4.78, 5) is 10.4. The summed E-state index contributed by atoms with van der Waals surface area (Å²) >= 11 is 0. The maximum Gasteiger partial charge on any atom is 0.165 e. The van der Waals surface area contributed by atoms with Crippen LogP contribution in [0, 0.1) is 5.82 Å². The third-order valence-corrected chi connectivity index (χ3v) is 1.82. The zero-order valence-corrected chi connectivity index (χ0v) is 7.38. The molecule has 0 aliphatic heterocycles. The molecular formula is C10H11FO2. The van der Waals surface area contributed by atoms with E-state index in [0.717, 1.165) is 12.0 Å². The lowest BCUT2D eigenvalue weighted by Crippen LogP contribution is -1.91. The van der Waals surface area contributed by atoms with Crippen LogP contribution in [0.4, 0.5) is 4.39 Å². The number of benzene rings is 1. The van der Waals surface area contributed by atoms with Crippen molar-refractivity contribution in [2.24, 2.45) is 0 Å². The van der Waals surface area contributed by atoms with Crippen LogP contribution in [0.3, 0.4) is 0 Å². The summed E-state index contributed by atoms with van der Waals surface area (Å²) in [6.07, 6.45) is 2.04. The molecule has 1 N–H and O–H groups in total. The van der Waals surface area contributed by atoms with E-state index in [1.165, 1.54) is 12.1 Å². The van der Waals surface area contributed by atoms with Gasteiger partial charge < -0.3 is 5.11 Å². The van der Waals surface area contributed by atoms with Gasteiger partial charge in [0.1, 0.15) is 0 Å². The Hall–Kier alpha value is -1.38. The lowest BCUT2D eigenvalue weighted by molar-refractivity contribution is 0.112. The highest BCUT2D eigenvalue weighted by Crippen LogP contribution is 2.22. The van der Waals surface area contributed by atoms with Gasteiger partial charge >= 0.3 is 0 Å². The van der Waals surface area contributed by atoms with E-state index in [1.807, 2.05) is 6.92 Å². The number of phenols is 1. The Balaban J connectivity index is 3.14. The molecule has 0 amide bonds. The lowest BCUT2D eigenvalue weighted by atomic mass is 10.1. The molecule has 0 radical (unpaired) electrons. The molecule has 0 heterocycles. The maximum atomic E-state index is 12.9. The second kappa shape index (κ2) is 4.03. The first-order valence-corrected chi connectivity index (χ1v) is 4.15. The smallest absolute Gasteiger partial charge is 0.165 e. The SMILES string of the molecule is CCCc1cc(F)c(O)c(C=O)c1. The lowest BCUT2D eigenvalue weighted by Gasteiger charge is -2.03. The normalized spacial score (nSPS) is 10.0. The highest BCUT2D eigenvalue weighted by molar-refractivity contribution is 5.79. The fraction of sp³-hybridized carbons (Fsp3) is 0.300. The van der Waals surface area contributed by atoms with Crippen LogP contribution >= 0.6 is 0 Å². The minimum atomic E-state index is -0.729. The predicted octanol–water partition coefficient (Wildman–Crippen LogP) is 2.30. The van der Waals surface area contributed by atoms with E-state index in [-0.39, 0.29) is 5.56 Å². The van der Waals surface area contributed by atoms with Gasteiger partial charge in [-0.15, -0.1) is 0 Å². The zero-order chi connectivity index (χ0) is 9.84. The minimum absolute atomic E-state index is 0.0171. The summed E-state index contributed by atoms with van der Waals surface area (Å²) in [6, 6.07) is 2.76. The first-order chi connectivity index (χ1) is 6.19. The number of halogens is 1. The fourth-order valence-corrected chi connectivity index (χ4v) is 1.20. The second-order valence-electron chi connectivity index (χ2n) is 2.88. The van der Waals surface area contributed by atoms with Gasteiger partial charge in [-0.1, -0.05) is 13.3 Å². The number of carbonyl (C=O) groups is 1. The Morgan fingerprint density at radius 1 is 1.54 bits per heavy atom. The van der Waals surface area contributed by atoms with Crippen LogP contribution < -0.4 is 0 Å². The van der Waals surface area contributed by atoms with Gasteiger partial charge in [-0.05, 0) is 24.1 Å². The highest BCUT2D eigenvalue weighted by atomic mass is 19.1. The van der Waals surface area contributed by atoms with Gasteiger partial charge in [-0.3, -0.25) is 4.79 Å². The molecular weight excluding hydrogens is 171 g/mol. The molecule has 13 heavy (non-hydrogen) atoms. The summed E-state index contributed by atoms with van der Waals surface area (Å²) in [7, 11) is 0. The van der Waals surface area contributed by atoms with E-state index in [9.17, 15) is 9.18 Å². The molecule has 0 spiro atoms. The molecule has 2 nitrogen and oxygen atoms in total. The van der Waals surface area contributed by atoms with Crippen LogP contribution in [0.1, 0.15) is 29.3 Å². The summed E-state index contributed by atoms with van der Waals surface area (Å²) < 4.78 is 12.9. The molecule has 0 saturated heterocycles. The molecule has 1 rings (SSSR count). The van der Waals surface area contributed by atoms with Crippen LogP contribution in [0.5, 0.6) is 5.75 Å². The Morgan fingerprint density at radius 3 is 2.77 bits per heavy atom. The molecule has 1 aromatic rings. The van der Waals surface area contributed by atoms with Crippen molar-refractivity contribution < 1.29 is 14.3 Å². The van der Waals surface area contributed by atoms with Crippen LogP contribution in [-0.2, 0) is 6.42 Å². The van der Waals surface area contributed by atoms with Crippen molar-refractivity contribution in [3.8, 4) is 5.75 Å². The van der Waals surface area contributed by atoms with Crippen LogP contribution in [0.25, 0.3) is 0 Å². The van der Waals surface area contributed by atoms with E-state index in [2.05, 4.69) is 0 Å². The van der Waals surface area contributed by atoms with E-state index < -0.39 is 11.6 Å². The maximum absolute atomic E-state index is 12.9. The summed E-state index contributed by atoms with van der Waals surface area (Å²) in [5.41, 5.74) is 0.753. The highest BCUT2D eigenvalue weighted by Gasteiger charge is 2.08. The molecule has 0 atom stereocenters. The topological polar surface area (TPSA) is 37.3 Å². The van der Waals surface area contributed by atoms with Crippen molar-refractivity contribution in [3.05, 3.63) is 29.1 Å². The number of hydrogen-bond donors (Lipinski definition) is 1. The van der Waals surface area contributed by atoms with E-state index in [0.29, 0.717) is 12.7 Å². The van der Waals surface area contributed by atoms with Gasteiger partial charge in [0.05, 0.1) is 5.56 Å². The molecule has 70 valence electrons. The monoisotopic (exact) mass is 182 g/mol. The molecule has 0 aliphatic rings. The number of phenolic OH excluding ortho intramolecular Hbond substituents is 1. The number of aryl methyl sites for hydroxylation is 1. The molecule has 0 saturated carbocycles. The van der Waals surface area contributed by atoms with Crippen molar-refractivity contribution in [2.45, 2.75) is 19.8 Å². The van der Waals surface area contributed by atoms with Crippen molar-refractivity contribution in [2.75, 3.05) is 0 Å². The summed E-state index contributed by atoms with van der Waals surface area (Å²) in [6.45, 7) is 1.96. The van der Waals surface area contributed by atoms with Crippen molar-refractivity contribution in [1.82, 2.24) is 0 Å². The van der Waals surface area contributed by atoms with Gasteiger partial charge in [-0.2, -0.15) is 0 Å². The number of aromatic hydroxyl groups is 1. The Bertz CT molecular complexity index is 321. The number of aldehydes is 1. The number of carbonyl (C=O) groups excluding carboxylic acids is 1.